The summed E-state index contributed by atoms with van der Waals surface area (Å²) in [5, 5.41) is 0. The van der Waals surface area contributed by atoms with Crippen molar-refractivity contribution in [3.63, 3.8) is 0 Å². The summed E-state index contributed by atoms with van der Waals surface area (Å²) < 4.78 is 0. The molecule has 2 rings (SSSR count). The van der Waals surface area contributed by atoms with Crippen LogP contribution in [0, 0.1) is 26.7 Å². The Labute approximate surface area is 105 Å². The molecule has 17 heavy (non-hydrogen) atoms. The van der Waals surface area contributed by atoms with Gasteiger partial charge in [-0.15, -0.1) is 0 Å². The number of nitrogens with two attached hydrogens (primary N) is 1. The number of aryl methyl sites for hydroxylation is 3. The van der Waals surface area contributed by atoms with Gasteiger partial charge in [-0.05, 0) is 62.6 Å². The van der Waals surface area contributed by atoms with E-state index < -0.39 is 0 Å². The first-order chi connectivity index (χ1) is 8.08. The van der Waals surface area contributed by atoms with Crippen molar-refractivity contribution >= 4 is 0 Å². The third-order valence-electron chi connectivity index (χ3n) is 4.29. The van der Waals surface area contributed by atoms with Crippen LogP contribution < -0.4 is 5.73 Å². The Morgan fingerprint density at radius 2 is 1.65 bits per heavy atom. The predicted molar refractivity (Wildman–Crippen MR) is 74.3 cm³/mol. The van der Waals surface area contributed by atoms with Gasteiger partial charge < -0.3 is 5.73 Å². The van der Waals surface area contributed by atoms with E-state index in [1.807, 2.05) is 0 Å². The molecule has 0 heterocycles. The molecule has 1 atom stereocenters. The second-order valence-corrected chi connectivity index (χ2v) is 5.79. The molecule has 1 aromatic carbocycles. The summed E-state index contributed by atoms with van der Waals surface area (Å²) in [5.41, 5.74) is 12.1. The van der Waals surface area contributed by atoms with E-state index in [4.69, 9.17) is 5.73 Å². The molecule has 1 saturated carbocycles. The van der Waals surface area contributed by atoms with Crippen LogP contribution in [0.3, 0.4) is 0 Å². The van der Waals surface area contributed by atoms with E-state index in [2.05, 4.69) is 32.9 Å². The van der Waals surface area contributed by atoms with Crippen LogP contribution in [0.4, 0.5) is 0 Å². The molecule has 1 heteroatoms. The van der Waals surface area contributed by atoms with Crippen molar-refractivity contribution in [3.05, 3.63) is 34.4 Å². The van der Waals surface area contributed by atoms with Gasteiger partial charge in [-0.3, -0.25) is 0 Å². The fraction of sp³-hybridized carbons (Fsp3) is 0.625. The Kier molecular flexibility index (Phi) is 3.88. The van der Waals surface area contributed by atoms with E-state index in [1.165, 1.54) is 47.9 Å². The monoisotopic (exact) mass is 231 g/mol. The Bertz CT molecular complexity index is 366. The molecule has 0 radical (unpaired) electrons. The van der Waals surface area contributed by atoms with E-state index in [0.29, 0.717) is 6.04 Å². The van der Waals surface area contributed by atoms with Gasteiger partial charge in [0, 0.05) is 6.04 Å². The van der Waals surface area contributed by atoms with Crippen LogP contribution >= 0.6 is 0 Å². The molecular formula is C16H25N. The molecule has 1 aromatic rings. The highest BCUT2D eigenvalue weighted by molar-refractivity contribution is 5.38. The lowest BCUT2D eigenvalue weighted by Gasteiger charge is -2.21. The maximum Gasteiger partial charge on any atom is 0.0108 e. The van der Waals surface area contributed by atoms with Crippen molar-refractivity contribution in [2.45, 2.75) is 58.9 Å². The van der Waals surface area contributed by atoms with Gasteiger partial charge in [0.1, 0.15) is 0 Å². The molecule has 1 aliphatic carbocycles. The molecule has 2 N–H and O–H groups in total. The molecule has 1 nitrogen and oxygen atoms in total. The minimum Gasteiger partial charge on any atom is -0.327 e. The number of rotatable bonds is 3. The summed E-state index contributed by atoms with van der Waals surface area (Å²) >= 11 is 0. The normalized spacial score (nSPS) is 18.6. The molecule has 0 spiro atoms. The average Bonchev–Trinajstić information content (AvgIpc) is 2.76. The average molecular weight is 231 g/mol. The molecule has 0 bridgehead atoms. The van der Waals surface area contributed by atoms with Crippen LogP contribution in [0.5, 0.6) is 0 Å². The highest BCUT2D eigenvalue weighted by atomic mass is 14.7. The standard InChI is InChI=1S/C16H25N/c1-11-8-12(2)15(13(3)9-11)10-16(17)14-6-4-5-7-14/h8-9,14,16H,4-7,10,17H2,1-3H3. The highest BCUT2D eigenvalue weighted by Crippen LogP contribution is 2.29. The third kappa shape index (κ3) is 2.90. The largest absolute Gasteiger partial charge is 0.327 e. The van der Waals surface area contributed by atoms with Crippen molar-refractivity contribution in [1.29, 1.82) is 0 Å². The first kappa shape index (κ1) is 12.6. The van der Waals surface area contributed by atoms with Gasteiger partial charge in [-0.1, -0.05) is 30.5 Å². The maximum absolute atomic E-state index is 6.39. The van der Waals surface area contributed by atoms with E-state index in [1.54, 1.807) is 0 Å². The van der Waals surface area contributed by atoms with Crippen LogP contribution in [-0.2, 0) is 6.42 Å². The van der Waals surface area contributed by atoms with Gasteiger partial charge >= 0.3 is 0 Å². The smallest absolute Gasteiger partial charge is 0.0108 e. The van der Waals surface area contributed by atoms with Crippen LogP contribution in [0.15, 0.2) is 12.1 Å². The van der Waals surface area contributed by atoms with Crippen molar-refractivity contribution in [1.82, 2.24) is 0 Å². The quantitative estimate of drug-likeness (QED) is 0.844. The summed E-state index contributed by atoms with van der Waals surface area (Å²) in [4.78, 5) is 0. The first-order valence-electron chi connectivity index (χ1n) is 6.90. The van der Waals surface area contributed by atoms with Gasteiger partial charge in [0.25, 0.3) is 0 Å². The Hall–Kier alpha value is -0.820. The van der Waals surface area contributed by atoms with E-state index in [9.17, 15) is 0 Å². The fourth-order valence-corrected chi connectivity index (χ4v) is 3.32. The molecule has 1 fully saturated rings. The lowest BCUT2D eigenvalue weighted by atomic mass is 9.88. The zero-order valence-electron chi connectivity index (χ0n) is 11.4. The van der Waals surface area contributed by atoms with Crippen LogP contribution in [-0.4, -0.2) is 6.04 Å². The molecule has 1 unspecified atom stereocenters. The lowest BCUT2D eigenvalue weighted by Crippen LogP contribution is -2.31. The number of hydrogen-bond acceptors (Lipinski definition) is 1. The van der Waals surface area contributed by atoms with E-state index in [0.717, 1.165) is 12.3 Å². The molecule has 94 valence electrons. The van der Waals surface area contributed by atoms with Crippen LogP contribution in [0.1, 0.15) is 47.9 Å². The van der Waals surface area contributed by atoms with Crippen LogP contribution in [0.2, 0.25) is 0 Å². The Morgan fingerprint density at radius 1 is 1.12 bits per heavy atom. The molecule has 0 aliphatic heterocycles. The lowest BCUT2D eigenvalue weighted by molar-refractivity contribution is 0.428. The zero-order chi connectivity index (χ0) is 12.4. The summed E-state index contributed by atoms with van der Waals surface area (Å²) in [5.74, 6) is 0.759. The van der Waals surface area contributed by atoms with Gasteiger partial charge in [0.05, 0.1) is 0 Å². The Morgan fingerprint density at radius 3 is 2.18 bits per heavy atom. The summed E-state index contributed by atoms with van der Waals surface area (Å²) in [6.45, 7) is 6.61. The highest BCUT2D eigenvalue weighted by Gasteiger charge is 2.22. The topological polar surface area (TPSA) is 26.0 Å². The molecule has 1 aliphatic rings. The number of hydrogen-bond donors (Lipinski definition) is 1. The van der Waals surface area contributed by atoms with Crippen molar-refractivity contribution in [2.75, 3.05) is 0 Å². The van der Waals surface area contributed by atoms with Crippen LogP contribution in [0.25, 0.3) is 0 Å². The van der Waals surface area contributed by atoms with Gasteiger partial charge in [0.2, 0.25) is 0 Å². The van der Waals surface area contributed by atoms with Crippen molar-refractivity contribution < 1.29 is 0 Å². The predicted octanol–water partition coefficient (Wildman–Crippen LogP) is 3.67. The minimum atomic E-state index is 0.359. The minimum absolute atomic E-state index is 0.359. The summed E-state index contributed by atoms with van der Waals surface area (Å²) in [6, 6.07) is 4.92. The molecular weight excluding hydrogens is 206 g/mol. The number of benzene rings is 1. The summed E-state index contributed by atoms with van der Waals surface area (Å²) in [6.07, 6.45) is 6.49. The van der Waals surface area contributed by atoms with E-state index in [-0.39, 0.29) is 0 Å². The van der Waals surface area contributed by atoms with E-state index >= 15 is 0 Å². The second kappa shape index (κ2) is 5.22. The Balaban J connectivity index is 2.12. The maximum atomic E-state index is 6.39. The molecule has 0 saturated heterocycles. The molecule has 0 aromatic heterocycles. The zero-order valence-corrected chi connectivity index (χ0v) is 11.4. The first-order valence-corrected chi connectivity index (χ1v) is 6.90. The van der Waals surface area contributed by atoms with Gasteiger partial charge in [-0.2, -0.15) is 0 Å². The van der Waals surface area contributed by atoms with Gasteiger partial charge in [-0.25, -0.2) is 0 Å². The fourth-order valence-electron chi connectivity index (χ4n) is 3.32. The van der Waals surface area contributed by atoms with Gasteiger partial charge in [0.15, 0.2) is 0 Å². The second-order valence-electron chi connectivity index (χ2n) is 5.79. The van der Waals surface area contributed by atoms with Crippen molar-refractivity contribution in [3.8, 4) is 0 Å². The third-order valence-corrected chi connectivity index (χ3v) is 4.29. The molecule has 0 amide bonds. The summed E-state index contributed by atoms with van der Waals surface area (Å²) in [7, 11) is 0. The SMILES string of the molecule is Cc1cc(C)c(CC(N)C2CCCC2)c(C)c1. The van der Waals surface area contributed by atoms with Crippen molar-refractivity contribution in [2.24, 2.45) is 11.7 Å².